The van der Waals surface area contributed by atoms with E-state index in [1.165, 1.54) is 7.11 Å². The lowest BCUT2D eigenvalue weighted by Gasteiger charge is -2.21. The quantitative estimate of drug-likeness (QED) is 0.738. The second-order valence-electron chi connectivity index (χ2n) is 5.99. The van der Waals surface area contributed by atoms with E-state index in [9.17, 15) is 9.59 Å². The number of para-hydroxylation sites is 1. The minimum atomic E-state index is -0.618. The summed E-state index contributed by atoms with van der Waals surface area (Å²) in [4.78, 5) is 24.9. The van der Waals surface area contributed by atoms with Crippen LogP contribution in [0.5, 0.6) is 5.75 Å². The van der Waals surface area contributed by atoms with Gasteiger partial charge in [-0.05, 0) is 37.6 Å². The molecule has 2 aromatic carbocycles. The molecule has 0 aliphatic heterocycles. The summed E-state index contributed by atoms with van der Waals surface area (Å²) in [6.07, 6.45) is -0.262. The molecule has 2 rings (SSSR count). The highest BCUT2D eigenvalue weighted by Crippen LogP contribution is 2.27. The van der Waals surface area contributed by atoms with E-state index in [2.05, 4.69) is 5.32 Å². The molecule has 0 aliphatic carbocycles. The largest absolute Gasteiger partial charge is 0.496 e. The van der Waals surface area contributed by atoms with Gasteiger partial charge in [0.05, 0.1) is 31.2 Å². The summed E-state index contributed by atoms with van der Waals surface area (Å²) in [6.45, 7) is 3.55. The third kappa shape index (κ3) is 5.23. The van der Waals surface area contributed by atoms with Crippen molar-refractivity contribution in [3.63, 3.8) is 0 Å². The lowest BCUT2D eigenvalue weighted by molar-refractivity contribution is -0.147. The minimum Gasteiger partial charge on any atom is -0.496 e. The number of carbonyl (C=O) groups excluding carboxylic acids is 2. The van der Waals surface area contributed by atoms with Crippen molar-refractivity contribution in [2.45, 2.75) is 32.4 Å². The molecule has 0 bridgehead atoms. The van der Waals surface area contributed by atoms with E-state index >= 15 is 0 Å². The molecule has 5 nitrogen and oxygen atoms in total. The Hall–Kier alpha value is -2.53. The monoisotopic (exact) mass is 375 g/mol. The standard InChI is InChI=1S/C20H22ClNO4/c1-13(2)26-19(23)12-17(14-8-4-6-10-16(14)21)22-20(24)15-9-5-7-11-18(15)25-3/h4-11,13,17H,12H2,1-3H3,(H,22,24). The molecule has 0 fully saturated rings. The van der Waals surface area contributed by atoms with Gasteiger partial charge in [0, 0.05) is 5.02 Å². The molecule has 0 heterocycles. The lowest BCUT2D eigenvalue weighted by atomic mass is 10.0. The molecule has 1 atom stereocenters. The van der Waals surface area contributed by atoms with Gasteiger partial charge in [-0.1, -0.05) is 41.9 Å². The molecule has 0 aromatic heterocycles. The maximum atomic E-state index is 12.7. The van der Waals surface area contributed by atoms with Crippen molar-refractivity contribution in [1.82, 2.24) is 5.32 Å². The van der Waals surface area contributed by atoms with E-state index < -0.39 is 12.0 Å². The first-order valence-electron chi connectivity index (χ1n) is 8.30. The normalized spacial score (nSPS) is 11.7. The fraction of sp³-hybridized carbons (Fsp3) is 0.300. The van der Waals surface area contributed by atoms with Crippen LogP contribution in [0.4, 0.5) is 0 Å². The van der Waals surface area contributed by atoms with Crippen molar-refractivity contribution >= 4 is 23.5 Å². The fourth-order valence-corrected chi connectivity index (χ4v) is 2.81. The summed E-state index contributed by atoms with van der Waals surface area (Å²) in [6, 6.07) is 13.3. The smallest absolute Gasteiger partial charge is 0.308 e. The van der Waals surface area contributed by atoms with Crippen molar-refractivity contribution in [3.8, 4) is 5.75 Å². The van der Waals surface area contributed by atoms with E-state index in [4.69, 9.17) is 21.1 Å². The minimum absolute atomic E-state index is 0.0250. The maximum Gasteiger partial charge on any atom is 0.308 e. The molecule has 2 aromatic rings. The van der Waals surface area contributed by atoms with Gasteiger partial charge in [0.2, 0.25) is 0 Å². The molecule has 0 radical (unpaired) electrons. The fourth-order valence-electron chi connectivity index (χ4n) is 2.54. The second-order valence-corrected chi connectivity index (χ2v) is 6.40. The molecule has 0 saturated heterocycles. The third-order valence-corrected chi connectivity index (χ3v) is 4.02. The van der Waals surface area contributed by atoms with E-state index in [1.54, 1.807) is 62.4 Å². The zero-order valence-corrected chi connectivity index (χ0v) is 15.7. The van der Waals surface area contributed by atoms with E-state index in [1.807, 2.05) is 0 Å². The number of ether oxygens (including phenoxy) is 2. The summed E-state index contributed by atoms with van der Waals surface area (Å²) in [5.41, 5.74) is 1.03. The predicted octanol–water partition coefficient (Wildman–Crippen LogP) is 4.16. The van der Waals surface area contributed by atoms with Crippen LogP contribution in [0.2, 0.25) is 5.02 Å². The molecule has 138 valence electrons. The molecule has 0 aliphatic rings. The van der Waals surface area contributed by atoms with Crippen molar-refractivity contribution < 1.29 is 19.1 Å². The molecular formula is C20H22ClNO4. The highest BCUT2D eigenvalue weighted by atomic mass is 35.5. The van der Waals surface area contributed by atoms with Crippen LogP contribution in [0.15, 0.2) is 48.5 Å². The number of hydrogen-bond acceptors (Lipinski definition) is 4. The number of benzene rings is 2. The highest BCUT2D eigenvalue weighted by molar-refractivity contribution is 6.31. The van der Waals surface area contributed by atoms with Crippen LogP contribution in [-0.4, -0.2) is 25.1 Å². The summed E-state index contributed by atoms with van der Waals surface area (Å²) >= 11 is 6.27. The Bertz CT molecular complexity index is 776. The summed E-state index contributed by atoms with van der Waals surface area (Å²) in [5, 5.41) is 3.33. The number of rotatable bonds is 7. The summed E-state index contributed by atoms with van der Waals surface area (Å²) in [7, 11) is 1.50. The van der Waals surface area contributed by atoms with E-state index in [0.717, 1.165) is 0 Å². The van der Waals surface area contributed by atoms with E-state index in [0.29, 0.717) is 21.9 Å². The number of amides is 1. The Kier molecular flexibility index (Phi) is 7.04. The highest BCUT2D eigenvalue weighted by Gasteiger charge is 2.23. The third-order valence-electron chi connectivity index (χ3n) is 3.68. The van der Waals surface area contributed by atoms with Crippen molar-refractivity contribution in [2.24, 2.45) is 0 Å². The molecule has 26 heavy (non-hydrogen) atoms. The van der Waals surface area contributed by atoms with Crippen LogP contribution >= 0.6 is 11.6 Å². The number of esters is 1. The van der Waals surface area contributed by atoms with Crippen LogP contribution in [-0.2, 0) is 9.53 Å². The molecule has 6 heteroatoms. The zero-order valence-electron chi connectivity index (χ0n) is 15.0. The summed E-state index contributed by atoms with van der Waals surface area (Å²) < 4.78 is 10.4. The maximum absolute atomic E-state index is 12.7. The Balaban J connectivity index is 2.27. The van der Waals surface area contributed by atoms with E-state index in [-0.39, 0.29) is 18.4 Å². The van der Waals surface area contributed by atoms with Gasteiger partial charge in [-0.25, -0.2) is 0 Å². The Morgan fingerprint density at radius 2 is 1.73 bits per heavy atom. The Morgan fingerprint density at radius 1 is 1.08 bits per heavy atom. The first kappa shape index (κ1) is 19.8. The van der Waals surface area contributed by atoms with Gasteiger partial charge in [0.25, 0.3) is 5.91 Å². The van der Waals surface area contributed by atoms with Gasteiger partial charge in [-0.2, -0.15) is 0 Å². The average Bonchev–Trinajstić information content (AvgIpc) is 2.60. The van der Waals surface area contributed by atoms with Gasteiger partial charge >= 0.3 is 5.97 Å². The van der Waals surface area contributed by atoms with Crippen molar-refractivity contribution in [3.05, 3.63) is 64.7 Å². The second kappa shape index (κ2) is 9.25. The van der Waals surface area contributed by atoms with Crippen LogP contribution in [0.25, 0.3) is 0 Å². The molecule has 1 unspecified atom stereocenters. The van der Waals surface area contributed by atoms with Crippen molar-refractivity contribution in [1.29, 1.82) is 0 Å². The van der Waals surface area contributed by atoms with Crippen LogP contribution in [0.3, 0.4) is 0 Å². The zero-order chi connectivity index (χ0) is 19.1. The molecule has 1 N–H and O–H groups in total. The topological polar surface area (TPSA) is 64.6 Å². The predicted molar refractivity (Wildman–Crippen MR) is 100 cm³/mol. The van der Waals surface area contributed by atoms with Crippen LogP contribution in [0.1, 0.15) is 42.2 Å². The first-order chi connectivity index (χ1) is 12.4. The average molecular weight is 376 g/mol. The van der Waals surface area contributed by atoms with Gasteiger partial charge < -0.3 is 14.8 Å². The number of hydrogen-bond donors (Lipinski definition) is 1. The lowest BCUT2D eigenvalue weighted by Crippen LogP contribution is -2.31. The number of halogens is 1. The molecule has 0 saturated carbocycles. The number of carbonyl (C=O) groups is 2. The van der Waals surface area contributed by atoms with Gasteiger partial charge in [-0.3, -0.25) is 9.59 Å². The summed E-state index contributed by atoms with van der Waals surface area (Å²) in [5.74, 6) is -0.317. The molecule has 0 spiro atoms. The molecular weight excluding hydrogens is 354 g/mol. The number of methoxy groups -OCH3 is 1. The van der Waals surface area contributed by atoms with Crippen molar-refractivity contribution in [2.75, 3.05) is 7.11 Å². The van der Waals surface area contributed by atoms with Crippen LogP contribution in [0, 0.1) is 0 Å². The van der Waals surface area contributed by atoms with Gasteiger partial charge in [0.1, 0.15) is 5.75 Å². The Labute approximate surface area is 158 Å². The van der Waals surface area contributed by atoms with Crippen LogP contribution < -0.4 is 10.1 Å². The first-order valence-corrected chi connectivity index (χ1v) is 8.68. The SMILES string of the molecule is COc1ccccc1C(=O)NC(CC(=O)OC(C)C)c1ccccc1Cl. The Morgan fingerprint density at radius 3 is 2.38 bits per heavy atom. The van der Waals surface area contributed by atoms with Gasteiger partial charge in [0.15, 0.2) is 0 Å². The number of nitrogens with one attached hydrogen (secondary N) is 1. The van der Waals surface area contributed by atoms with Gasteiger partial charge in [-0.15, -0.1) is 0 Å². The molecule has 1 amide bonds.